The Labute approximate surface area is 156 Å². The number of carboxylic acids is 1. The fourth-order valence-electron chi connectivity index (χ4n) is 2.92. The van der Waals surface area contributed by atoms with Crippen LogP contribution in [0.25, 0.3) is 6.08 Å². The van der Waals surface area contributed by atoms with Gasteiger partial charge in [0, 0.05) is 31.7 Å². The van der Waals surface area contributed by atoms with Crippen molar-refractivity contribution >= 4 is 29.7 Å². The Bertz CT molecular complexity index is 760. The van der Waals surface area contributed by atoms with Crippen LogP contribution in [0.5, 0.6) is 0 Å². The van der Waals surface area contributed by atoms with Gasteiger partial charge in [-0.15, -0.1) is 5.10 Å². The molecule has 7 nitrogen and oxygen atoms in total. The first-order chi connectivity index (χ1) is 12.7. The summed E-state index contributed by atoms with van der Waals surface area (Å²) in [5.74, 6) is 1.07. The highest BCUT2D eigenvalue weighted by Gasteiger charge is 2.16. The molecule has 0 unspecified atom stereocenters. The smallest absolute Gasteiger partial charge is 0.342 e. The number of rotatable bonds is 7. The summed E-state index contributed by atoms with van der Waals surface area (Å²) in [4.78, 5) is 18.2. The van der Waals surface area contributed by atoms with Gasteiger partial charge in [-0.2, -0.15) is 0 Å². The minimum atomic E-state index is -1.02. The highest BCUT2D eigenvalue weighted by molar-refractivity contribution is 8.04. The third-order valence-electron chi connectivity index (χ3n) is 4.21. The molecule has 26 heavy (non-hydrogen) atoms. The van der Waals surface area contributed by atoms with Gasteiger partial charge in [0.05, 0.1) is 0 Å². The number of nitrogens with one attached hydrogen (secondary N) is 1. The number of hydrogen-bond donors (Lipinski definition) is 2. The molecule has 0 spiro atoms. The van der Waals surface area contributed by atoms with Crippen LogP contribution >= 0.6 is 11.8 Å². The van der Waals surface area contributed by atoms with Crippen molar-refractivity contribution in [3.8, 4) is 0 Å². The van der Waals surface area contributed by atoms with Crippen molar-refractivity contribution in [3.05, 3.63) is 28.6 Å². The van der Waals surface area contributed by atoms with E-state index >= 15 is 0 Å². The highest BCUT2D eigenvalue weighted by atomic mass is 32.2. The van der Waals surface area contributed by atoms with Crippen LogP contribution in [0.4, 0.5) is 5.88 Å². The molecule has 8 heteroatoms. The normalized spacial score (nSPS) is 15.9. The summed E-state index contributed by atoms with van der Waals surface area (Å²) in [7, 11) is 0. The molecule has 0 bridgehead atoms. The van der Waals surface area contributed by atoms with Crippen LogP contribution in [0.1, 0.15) is 50.6 Å². The van der Waals surface area contributed by atoms with Gasteiger partial charge in [0.1, 0.15) is 16.5 Å². The quantitative estimate of drug-likeness (QED) is 0.558. The summed E-state index contributed by atoms with van der Waals surface area (Å²) in [6, 6.07) is 3.72. The van der Waals surface area contributed by atoms with Crippen molar-refractivity contribution in [2.24, 2.45) is 0 Å². The summed E-state index contributed by atoms with van der Waals surface area (Å²) in [6.45, 7) is 4.01. The molecule has 0 atom stereocenters. The lowest BCUT2D eigenvalue weighted by atomic mass is 10.2. The fourth-order valence-corrected chi connectivity index (χ4v) is 3.62. The summed E-state index contributed by atoms with van der Waals surface area (Å²) in [5, 5.41) is 16.8. The average Bonchev–Trinajstić information content (AvgIpc) is 3.17. The monoisotopic (exact) mass is 376 g/mol. The van der Waals surface area contributed by atoms with E-state index in [0.29, 0.717) is 10.9 Å². The van der Waals surface area contributed by atoms with Crippen LogP contribution in [-0.4, -0.2) is 39.3 Å². The molecule has 1 aliphatic heterocycles. The molecule has 2 N–H and O–H groups in total. The van der Waals surface area contributed by atoms with E-state index < -0.39 is 5.97 Å². The summed E-state index contributed by atoms with van der Waals surface area (Å²) >= 11 is 1.02. The molecule has 0 aromatic carbocycles. The van der Waals surface area contributed by atoms with Crippen LogP contribution in [0.15, 0.2) is 26.6 Å². The van der Waals surface area contributed by atoms with Gasteiger partial charge < -0.3 is 14.4 Å². The number of hydrogen-bond acceptors (Lipinski definition) is 6. The molecule has 1 aliphatic rings. The summed E-state index contributed by atoms with van der Waals surface area (Å²) in [5.41, 5.74) is 0. The third kappa shape index (κ3) is 4.91. The molecule has 0 saturated carbocycles. The fraction of sp³-hybridized carbons (Fsp3) is 0.500. The van der Waals surface area contributed by atoms with E-state index in [1.807, 2.05) is 12.1 Å². The van der Waals surface area contributed by atoms with E-state index in [2.05, 4.69) is 27.0 Å². The van der Waals surface area contributed by atoms with Gasteiger partial charge >= 0.3 is 5.97 Å². The predicted molar refractivity (Wildman–Crippen MR) is 101 cm³/mol. The van der Waals surface area contributed by atoms with Crippen LogP contribution in [0.2, 0.25) is 0 Å². The number of carbonyl (C=O) groups is 1. The molecule has 3 rings (SSSR count). The van der Waals surface area contributed by atoms with Gasteiger partial charge in [-0.25, -0.2) is 9.78 Å². The number of furan rings is 1. The molecule has 1 saturated heterocycles. The maximum absolute atomic E-state index is 11.6. The largest absolute Gasteiger partial charge is 0.477 e. The maximum atomic E-state index is 11.6. The zero-order valence-electron chi connectivity index (χ0n) is 14.9. The van der Waals surface area contributed by atoms with Crippen LogP contribution in [-0.2, 0) is 11.2 Å². The Morgan fingerprint density at radius 1 is 1.35 bits per heavy atom. The Hall–Kier alpha value is -2.22. The number of aromatic amines is 1. The number of thioether (sulfide) groups is 1. The van der Waals surface area contributed by atoms with Crippen molar-refractivity contribution < 1.29 is 14.3 Å². The number of nitrogens with zero attached hydrogens (tertiary/aromatic N) is 3. The highest BCUT2D eigenvalue weighted by Crippen LogP contribution is 2.28. The first-order valence-electron chi connectivity index (χ1n) is 9.04. The minimum absolute atomic E-state index is 0.129. The van der Waals surface area contributed by atoms with E-state index in [0.717, 1.165) is 62.2 Å². The van der Waals surface area contributed by atoms with Crippen molar-refractivity contribution in [1.29, 1.82) is 0 Å². The Morgan fingerprint density at radius 3 is 2.81 bits per heavy atom. The summed E-state index contributed by atoms with van der Waals surface area (Å²) < 4.78 is 5.87. The van der Waals surface area contributed by atoms with E-state index in [1.165, 1.54) is 18.9 Å². The second kappa shape index (κ2) is 8.93. The van der Waals surface area contributed by atoms with Crippen LogP contribution in [0, 0.1) is 0 Å². The number of H-pyrrole nitrogens is 1. The molecule has 1 fully saturated rings. The van der Waals surface area contributed by atoms with E-state index in [-0.39, 0.29) is 4.91 Å². The zero-order valence-corrected chi connectivity index (χ0v) is 15.7. The SMILES string of the molecule is CCCc1nc(S/C(=C\c2ccc(N3CCCCCC3)o2)C(=O)O)n[nH]1. The van der Waals surface area contributed by atoms with Gasteiger partial charge in [0.2, 0.25) is 5.16 Å². The number of aromatic nitrogens is 3. The third-order valence-corrected chi connectivity index (χ3v) is 5.09. The van der Waals surface area contributed by atoms with E-state index in [1.54, 1.807) is 0 Å². The second-order valence-electron chi connectivity index (χ2n) is 6.31. The van der Waals surface area contributed by atoms with Crippen LogP contribution in [0.3, 0.4) is 0 Å². The lowest BCUT2D eigenvalue weighted by Crippen LogP contribution is -2.23. The first-order valence-corrected chi connectivity index (χ1v) is 9.86. The molecule has 2 aromatic heterocycles. The van der Waals surface area contributed by atoms with E-state index in [4.69, 9.17) is 4.42 Å². The molecular formula is C18H24N4O3S. The molecule has 0 amide bonds. The van der Waals surface area contributed by atoms with Crippen molar-refractivity contribution in [2.75, 3.05) is 18.0 Å². The number of aryl methyl sites for hydroxylation is 1. The molecular weight excluding hydrogens is 352 g/mol. The van der Waals surface area contributed by atoms with Crippen molar-refractivity contribution in [3.63, 3.8) is 0 Å². The average molecular weight is 376 g/mol. The predicted octanol–water partition coefficient (Wildman–Crippen LogP) is 3.95. The zero-order chi connectivity index (χ0) is 18.4. The number of anilines is 1. The van der Waals surface area contributed by atoms with E-state index in [9.17, 15) is 9.90 Å². The Morgan fingerprint density at radius 2 is 2.12 bits per heavy atom. The lowest BCUT2D eigenvalue weighted by molar-refractivity contribution is -0.131. The number of aliphatic carboxylic acids is 1. The Balaban J connectivity index is 1.73. The molecule has 0 radical (unpaired) electrons. The number of carboxylic acid groups (broad SMARTS) is 1. The van der Waals surface area contributed by atoms with Crippen LogP contribution < -0.4 is 4.90 Å². The van der Waals surface area contributed by atoms with Crippen molar-refractivity contribution in [1.82, 2.24) is 15.2 Å². The van der Waals surface area contributed by atoms with Gasteiger partial charge in [0.15, 0.2) is 5.88 Å². The molecule has 2 aromatic rings. The van der Waals surface area contributed by atoms with Crippen molar-refractivity contribution in [2.45, 2.75) is 50.6 Å². The molecule has 140 valence electrons. The molecule has 0 aliphatic carbocycles. The van der Waals surface area contributed by atoms with Gasteiger partial charge in [-0.3, -0.25) is 5.10 Å². The topological polar surface area (TPSA) is 95.2 Å². The lowest BCUT2D eigenvalue weighted by Gasteiger charge is -2.18. The maximum Gasteiger partial charge on any atom is 0.342 e. The molecule has 3 heterocycles. The van der Waals surface area contributed by atoms with Gasteiger partial charge in [0.25, 0.3) is 0 Å². The van der Waals surface area contributed by atoms with Gasteiger partial charge in [-0.1, -0.05) is 19.8 Å². The second-order valence-corrected chi connectivity index (χ2v) is 7.32. The standard InChI is InChI=1S/C18H24N4O3S/c1-2-7-15-19-18(21-20-15)26-14(17(23)24)12-13-8-9-16(25-13)22-10-5-3-4-6-11-22/h8-9,12H,2-7,10-11H2,1H3,(H,23,24)(H,19,20,21)/b14-12-. The first kappa shape index (κ1) is 18.6. The minimum Gasteiger partial charge on any atom is -0.477 e. The summed E-state index contributed by atoms with van der Waals surface area (Å²) in [6.07, 6.45) is 8.09. The van der Waals surface area contributed by atoms with Gasteiger partial charge in [-0.05, 0) is 37.1 Å². The Kier molecular flexibility index (Phi) is 6.38.